The lowest BCUT2D eigenvalue weighted by Gasteiger charge is -2.21. The predicted molar refractivity (Wildman–Crippen MR) is 58.9 cm³/mol. The third kappa shape index (κ3) is 5.90. The first-order valence-corrected chi connectivity index (χ1v) is 6.00. The quantitative estimate of drug-likeness (QED) is 0.609. The molecule has 0 radical (unpaired) electrons. The highest BCUT2D eigenvalue weighted by Gasteiger charge is 2.16. The summed E-state index contributed by atoms with van der Waals surface area (Å²) in [5, 5.41) is 0. The zero-order valence-electron chi connectivity index (χ0n) is 9.67. The normalized spacial score (nSPS) is 17.9. The van der Waals surface area contributed by atoms with Crippen molar-refractivity contribution in [3.63, 3.8) is 0 Å². The van der Waals surface area contributed by atoms with Gasteiger partial charge in [0.1, 0.15) is 5.78 Å². The van der Waals surface area contributed by atoms with Crippen molar-refractivity contribution in [2.75, 3.05) is 26.4 Å². The van der Waals surface area contributed by atoms with Crippen LogP contribution in [0, 0.1) is 5.92 Å². The van der Waals surface area contributed by atoms with Crippen LogP contribution in [0.5, 0.6) is 0 Å². The van der Waals surface area contributed by atoms with Crippen molar-refractivity contribution in [3.8, 4) is 0 Å². The van der Waals surface area contributed by atoms with Crippen LogP contribution in [-0.2, 0) is 14.3 Å². The van der Waals surface area contributed by atoms with Crippen LogP contribution in [-0.4, -0.2) is 32.2 Å². The number of carbonyl (C=O) groups excluding carboxylic acids is 1. The van der Waals surface area contributed by atoms with E-state index in [0.29, 0.717) is 24.7 Å². The molecule has 0 N–H and O–H groups in total. The third-order valence-corrected chi connectivity index (χ3v) is 2.73. The molecule has 0 atom stereocenters. The van der Waals surface area contributed by atoms with Crippen molar-refractivity contribution >= 4 is 5.78 Å². The van der Waals surface area contributed by atoms with E-state index in [1.54, 1.807) is 0 Å². The lowest BCUT2D eigenvalue weighted by molar-refractivity contribution is -0.121. The molecule has 3 heteroatoms. The smallest absolute Gasteiger partial charge is 0.135 e. The topological polar surface area (TPSA) is 35.5 Å². The summed E-state index contributed by atoms with van der Waals surface area (Å²) < 4.78 is 10.6. The molecule has 0 unspecified atom stereocenters. The van der Waals surface area contributed by atoms with E-state index in [4.69, 9.17) is 9.47 Å². The number of hydrogen-bond donors (Lipinski definition) is 0. The molecule has 0 aromatic carbocycles. The van der Waals surface area contributed by atoms with Crippen LogP contribution in [0.2, 0.25) is 0 Å². The maximum absolute atomic E-state index is 11.6. The molecule has 1 heterocycles. The van der Waals surface area contributed by atoms with Gasteiger partial charge in [0, 0.05) is 32.7 Å². The molecule has 1 fully saturated rings. The lowest BCUT2D eigenvalue weighted by atomic mass is 9.93. The van der Waals surface area contributed by atoms with Crippen molar-refractivity contribution in [1.82, 2.24) is 0 Å². The Labute approximate surface area is 92.1 Å². The average Bonchev–Trinajstić information content (AvgIpc) is 2.26. The largest absolute Gasteiger partial charge is 0.381 e. The fourth-order valence-corrected chi connectivity index (χ4v) is 1.81. The van der Waals surface area contributed by atoms with E-state index in [-0.39, 0.29) is 0 Å². The third-order valence-electron chi connectivity index (χ3n) is 2.73. The van der Waals surface area contributed by atoms with Crippen molar-refractivity contribution in [1.29, 1.82) is 0 Å². The van der Waals surface area contributed by atoms with Gasteiger partial charge in [-0.1, -0.05) is 6.92 Å². The Kier molecular flexibility index (Phi) is 6.60. The first kappa shape index (κ1) is 12.7. The highest BCUT2D eigenvalue weighted by atomic mass is 16.5. The molecule has 0 aromatic heterocycles. The fourth-order valence-electron chi connectivity index (χ4n) is 1.81. The molecular weight excluding hydrogens is 192 g/mol. The summed E-state index contributed by atoms with van der Waals surface area (Å²) in [6.07, 6.45) is 4.41. The molecule has 1 saturated heterocycles. The second-order valence-electron chi connectivity index (χ2n) is 4.16. The van der Waals surface area contributed by atoms with E-state index in [0.717, 1.165) is 45.5 Å². The van der Waals surface area contributed by atoms with Crippen LogP contribution < -0.4 is 0 Å². The number of hydrogen-bond acceptors (Lipinski definition) is 3. The first-order valence-electron chi connectivity index (χ1n) is 6.00. The number of Topliss-reactive ketones (excluding diaryl/α,β-unsaturated/α-hetero) is 1. The maximum atomic E-state index is 11.6. The minimum absolute atomic E-state index is 0.345. The van der Waals surface area contributed by atoms with Gasteiger partial charge in [-0.15, -0.1) is 0 Å². The van der Waals surface area contributed by atoms with Gasteiger partial charge in [0.05, 0.1) is 6.61 Å². The molecule has 0 saturated carbocycles. The summed E-state index contributed by atoms with van der Waals surface area (Å²) in [6, 6.07) is 0. The maximum Gasteiger partial charge on any atom is 0.135 e. The van der Waals surface area contributed by atoms with E-state index >= 15 is 0 Å². The highest BCUT2D eigenvalue weighted by molar-refractivity contribution is 5.78. The van der Waals surface area contributed by atoms with Crippen LogP contribution >= 0.6 is 0 Å². The monoisotopic (exact) mass is 214 g/mol. The molecule has 88 valence electrons. The fraction of sp³-hybridized carbons (Fsp3) is 0.917. The molecular formula is C12H22O3. The summed E-state index contributed by atoms with van der Waals surface area (Å²) in [4.78, 5) is 11.6. The predicted octanol–water partition coefficient (Wildman–Crippen LogP) is 2.19. The summed E-state index contributed by atoms with van der Waals surface area (Å²) in [5.41, 5.74) is 0. The van der Waals surface area contributed by atoms with Gasteiger partial charge in [-0.3, -0.25) is 4.79 Å². The molecule has 0 aliphatic carbocycles. The summed E-state index contributed by atoms with van der Waals surface area (Å²) in [5.74, 6) is 0.899. The van der Waals surface area contributed by atoms with Crippen LogP contribution in [0.25, 0.3) is 0 Å². The first-order chi connectivity index (χ1) is 7.33. The van der Waals surface area contributed by atoms with Crippen LogP contribution in [0.3, 0.4) is 0 Å². The number of rotatable bonds is 7. The zero-order chi connectivity index (χ0) is 10.9. The van der Waals surface area contributed by atoms with Crippen molar-refractivity contribution in [2.24, 2.45) is 5.92 Å². The molecule has 1 aliphatic rings. The molecule has 0 spiro atoms. The number of ether oxygens (including phenoxy) is 2. The standard InChI is InChI=1S/C12H22O3/c1-2-6-14-9-5-12(13)10-11-3-7-15-8-4-11/h11H,2-10H2,1H3. The molecule has 0 amide bonds. The van der Waals surface area contributed by atoms with Gasteiger partial charge in [-0.05, 0) is 25.2 Å². The van der Waals surface area contributed by atoms with E-state index < -0.39 is 0 Å². The van der Waals surface area contributed by atoms with Gasteiger partial charge < -0.3 is 9.47 Å². The van der Waals surface area contributed by atoms with Crippen LogP contribution in [0.15, 0.2) is 0 Å². The van der Waals surface area contributed by atoms with Crippen molar-refractivity contribution in [3.05, 3.63) is 0 Å². The van der Waals surface area contributed by atoms with E-state index in [9.17, 15) is 4.79 Å². The minimum atomic E-state index is 0.345. The molecule has 0 aromatic rings. The number of ketones is 1. The van der Waals surface area contributed by atoms with Gasteiger partial charge in [-0.25, -0.2) is 0 Å². The van der Waals surface area contributed by atoms with Gasteiger partial charge in [0.25, 0.3) is 0 Å². The summed E-state index contributed by atoms with van der Waals surface area (Å²) >= 11 is 0. The molecule has 0 bridgehead atoms. The van der Waals surface area contributed by atoms with Crippen LogP contribution in [0.1, 0.15) is 39.0 Å². The second-order valence-corrected chi connectivity index (χ2v) is 4.16. The molecule has 15 heavy (non-hydrogen) atoms. The Bertz CT molecular complexity index is 174. The van der Waals surface area contributed by atoms with Gasteiger partial charge in [-0.2, -0.15) is 0 Å². The van der Waals surface area contributed by atoms with Gasteiger partial charge in [0.2, 0.25) is 0 Å². The zero-order valence-corrected chi connectivity index (χ0v) is 9.67. The second kappa shape index (κ2) is 7.83. The Hall–Kier alpha value is -0.410. The minimum Gasteiger partial charge on any atom is -0.381 e. The average molecular weight is 214 g/mol. The molecule has 3 nitrogen and oxygen atoms in total. The van der Waals surface area contributed by atoms with Crippen LogP contribution in [0.4, 0.5) is 0 Å². The Balaban J connectivity index is 2.01. The summed E-state index contributed by atoms with van der Waals surface area (Å²) in [7, 11) is 0. The SMILES string of the molecule is CCCOCCC(=O)CC1CCOCC1. The Morgan fingerprint density at radius 3 is 2.73 bits per heavy atom. The lowest BCUT2D eigenvalue weighted by Crippen LogP contribution is -2.19. The molecule has 1 aliphatic heterocycles. The highest BCUT2D eigenvalue weighted by Crippen LogP contribution is 2.19. The van der Waals surface area contributed by atoms with Gasteiger partial charge in [0.15, 0.2) is 0 Å². The Morgan fingerprint density at radius 2 is 2.07 bits per heavy atom. The van der Waals surface area contributed by atoms with Crippen molar-refractivity contribution in [2.45, 2.75) is 39.0 Å². The van der Waals surface area contributed by atoms with E-state index in [1.165, 1.54) is 0 Å². The van der Waals surface area contributed by atoms with Crippen molar-refractivity contribution < 1.29 is 14.3 Å². The van der Waals surface area contributed by atoms with E-state index in [2.05, 4.69) is 6.92 Å². The Morgan fingerprint density at radius 1 is 1.33 bits per heavy atom. The number of carbonyl (C=O) groups is 1. The van der Waals surface area contributed by atoms with Gasteiger partial charge >= 0.3 is 0 Å². The van der Waals surface area contributed by atoms with E-state index in [1.807, 2.05) is 0 Å². The summed E-state index contributed by atoms with van der Waals surface area (Å²) in [6.45, 7) is 5.08. The molecule has 1 rings (SSSR count).